The fraction of sp³-hybridized carbons (Fsp3) is 0.167. The van der Waals surface area contributed by atoms with Crippen molar-refractivity contribution in [3.05, 3.63) is 45.2 Å². The molecule has 1 N–H and O–H groups in total. The van der Waals surface area contributed by atoms with E-state index in [-0.39, 0.29) is 5.91 Å². The molecule has 0 aliphatic heterocycles. The molecule has 0 saturated heterocycles. The van der Waals surface area contributed by atoms with Crippen LogP contribution in [-0.4, -0.2) is 15.7 Å². The largest absolute Gasteiger partial charge is 0.321 e. The van der Waals surface area contributed by atoms with Crippen LogP contribution in [-0.2, 0) is 6.54 Å². The van der Waals surface area contributed by atoms with Crippen molar-refractivity contribution in [3.8, 4) is 0 Å². The molecule has 2 aromatic rings. The van der Waals surface area contributed by atoms with E-state index in [1.807, 2.05) is 6.92 Å². The fourth-order valence-corrected chi connectivity index (χ4v) is 2.12. The zero-order valence-corrected chi connectivity index (χ0v) is 12.2. The maximum Gasteiger partial charge on any atom is 0.275 e. The first kappa shape index (κ1) is 14.2. The second kappa shape index (κ2) is 5.82. The zero-order chi connectivity index (χ0) is 14.0. The first-order chi connectivity index (χ1) is 9.02. The lowest BCUT2D eigenvalue weighted by atomic mass is 10.3. The van der Waals surface area contributed by atoms with Gasteiger partial charge in [0.1, 0.15) is 5.69 Å². The van der Waals surface area contributed by atoms with Gasteiger partial charge in [-0.3, -0.25) is 9.48 Å². The predicted molar refractivity (Wildman–Crippen MR) is 77.3 cm³/mol. The molecule has 7 heteroatoms. The van der Waals surface area contributed by atoms with Crippen molar-refractivity contribution >= 4 is 46.4 Å². The van der Waals surface area contributed by atoms with Gasteiger partial charge in [0.15, 0.2) is 0 Å². The van der Waals surface area contributed by atoms with Crippen LogP contribution >= 0.6 is 34.8 Å². The van der Waals surface area contributed by atoms with Gasteiger partial charge < -0.3 is 5.32 Å². The van der Waals surface area contributed by atoms with Crippen molar-refractivity contribution in [2.45, 2.75) is 13.5 Å². The van der Waals surface area contributed by atoms with Crippen LogP contribution in [0.25, 0.3) is 0 Å². The van der Waals surface area contributed by atoms with E-state index in [0.29, 0.717) is 33.0 Å². The van der Waals surface area contributed by atoms with E-state index >= 15 is 0 Å². The third kappa shape index (κ3) is 3.03. The Bertz CT molecular complexity index is 625. The first-order valence-corrected chi connectivity index (χ1v) is 6.64. The molecule has 2 rings (SSSR count). The average Bonchev–Trinajstić information content (AvgIpc) is 2.75. The molecule has 1 amide bonds. The van der Waals surface area contributed by atoms with Crippen LogP contribution in [0, 0.1) is 0 Å². The Morgan fingerprint density at radius 3 is 2.63 bits per heavy atom. The van der Waals surface area contributed by atoms with Gasteiger partial charge in [0.2, 0.25) is 0 Å². The molecule has 0 radical (unpaired) electrons. The van der Waals surface area contributed by atoms with Gasteiger partial charge in [-0.05, 0) is 25.1 Å². The topological polar surface area (TPSA) is 46.9 Å². The van der Waals surface area contributed by atoms with Crippen LogP contribution in [0.5, 0.6) is 0 Å². The Hall–Kier alpha value is -1.23. The number of carbonyl (C=O) groups excluding carboxylic acids is 1. The molecule has 0 atom stereocenters. The van der Waals surface area contributed by atoms with E-state index in [9.17, 15) is 4.79 Å². The molecule has 4 nitrogen and oxygen atoms in total. The third-order valence-corrected chi connectivity index (χ3v) is 3.50. The summed E-state index contributed by atoms with van der Waals surface area (Å²) >= 11 is 17.6. The van der Waals surface area contributed by atoms with E-state index in [1.165, 1.54) is 10.9 Å². The van der Waals surface area contributed by atoms with Crippen molar-refractivity contribution in [2.24, 2.45) is 0 Å². The number of anilines is 1. The van der Waals surface area contributed by atoms with Crippen molar-refractivity contribution in [1.82, 2.24) is 9.78 Å². The highest BCUT2D eigenvalue weighted by molar-refractivity contribution is 6.42. The van der Waals surface area contributed by atoms with Gasteiger partial charge >= 0.3 is 0 Å². The van der Waals surface area contributed by atoms with Crippen LogP contribution in [0.4, 0.5) is 5.69 Å². The molecule has 19 heavy (non-hydrogen) atoms. The number of aromatic nitrogens is 2. The van der Waals surface area contributed by atoms with Gasteiger partial charge in [-0.25, -0.2) is 0 Å². The van der Waals surface area contributed by atoms with E-state index in [0.717, 1.165) is 0 Å². The number of rotatable bonds is 3. The number of benzene rings is 1. The third-order valence-electron chi connectivity index (χ3n) is 2.49. The normalized spacial score (nSPS) is 10.5. The van der Waals surface area contributed by atoms with Gasteiger partial charge in [-0.2, -0.15) is 5.10 Å². The summed E-state index contributed by atoms with van der Waals surface area (Å²) in [5, 5.41) is 7.81. The lowest BCUT2D eigenvalue weighted by molar-refractivity contribution is 0.101. The van der Waals surface area contributed by atoms with Crippen LogP contribution in [0.2, 0.25) is 15.1 Å². The molecule has 1 aromatic carbocycles. The van der Waals surface area contributed by atoms with Crippen LogP contribution in [0.15, 0.2) is 24.4 Å². The molecule has 0 unspecified atom stereocenters. The Morgan fingerprint density at radius 2 is 2.00 bits per heavy atom. The summed E-state index contributed by atoms with van der Waals surface area (Å²) in [6.45, 7) is 2.43. The summed E-state index contributed by atoms with van der Waals surface area (Å²) in [4.78, 5) is 12.1. The molecule has 1 aromatic heterocycles. The number of nitrogens with one attached hydrogen (secondary N) is 1. The SMILES string of the molecule is CCn1ncc(Cl)c1C(=O)Nc1ccc(Cl)c(Cl)c1. The highest BCUT2D eigenvalue weighted by Gasteiger charge is 2.17. The summed E-state index contributed by atoms with van der Waals surface area (Å²) in [6, 6.07) is 4.84. The summed E-state index contributed by atoms with van der Waals surface area (Å²) in [5.41, 5.74) is 0.856. The molecule has 0 spiro atoms. The minimum atomic E-state index is -0.345. The minimum absolute atomic E-state index is 0.305. The van der Waals surface area contributed by atoms with Crippen LogP contribution in [0.3, 0.4) is 0 Å². The number of nitrogens with zero attached hydrogens (tertiary/aromatic N) is 2. The number of carbonyl (C=O) groups is 1. The number of hydrogen-bond acceptors (Lipinski definition) is 2. The number of halogens is 3. The quantitative estimate of drug-likeness (QED) is 0.925. The Balaban J connectivity index is 2.25. The van der Waals surface area contributed by atoms with E-state index in [2.05, 4.69) is 10.4 Å². The maximum atomic E-state index is 12.1. The lowest BCUT2D eigenvalue weighted by Gasteiger charge is -2.08. The molecule has 0 saturated carbocycles. The Labute approximate surface area is 125 Å². The standard InChI is InChI=1S/C12H10Cl3N3O/c1-2-18-11(10(15)6-16-18)12(19)17-7-3-4-8(13)9(14)5-7/h3-6H,2H2,1H3,(H,17,19). The first-order valence-electron chi connectivity index (χ1n) is 5.50. The van der Waals surface area contributed by atoms with Crippen LogP contribution < -0.4 is 5.32 Å². The number of hydrogen-bond donors (Lipinski definition) is 1. The Kier molecular flexibility index (Phi) is 4.34. The highest BCUT2D eigenvalue weighted by atomic mass is 35.5. The van der Waals surface area contributed by atoms with Gasteiger partial charge in [0.05, 0.1) is 21.3 Å². The molecule has 100 valence electrons. The molecule has 0 aliphatic rings. The maximum absolute atomic E-state index is 12.1. The lowest BCUT2D eigenvalue weighted by Crippen LogP contribution is -2.17. The summed E-state index contributed by atoms with van der Waals surface area (Å²) in [6.07, 6.45) is 1.44. The molecule has 0 aliphatic carbocycles. The van der Waals surface area contributed by atoms with Crippen LogP contribution in [0.1, 0.15) is 17.4 Å². The van der Waals surface area contributed by atoms with Gasteiger partial charge in [-0.1, -0.05) is 34.8 Å². The smallest absolute Gasteiger partial charge is 0.275 e. The minimum Gasteiger partial charge on any atom is -0.321 e. The van der Waals surface area contributed by atoms with Gasteiger partial charge in [-0.15, -0.1) is 0 Å². The zero-order valence-electron chi connectivity index (χ0n) is 9.95. The van der Waals surface area contributed by atoms with Gasteiger partial charge in [0, 0.05) is 12.2 Å². The second-order valence-corrected chi connectivity index (χ2v) is 4.96. The molecular formula is C12H10Cl3N3O. The Morgan fingerprint density at radius 1 is 1.26 bits per heavy atom. The second-order valence-electron chi connectivity index (χ2n) is 3.74. The van der Waals surface area contributed by atoms with Crippen molar-refractivity contribution < 1.29 is 4.79 Å². The van der Waals surface area contributed by atoms with E-state index in [4.69, 9.17) is 34.8 Å². The van der Waals surface area contributed by atoms with Gasteiger partial charge in [0.25, 0.3) is 5.91 Å². The fourth-order valence-electron chi connectivity index (χ4n) is 1.59. The van der Waals surface area contributed by atoms with E-state index in [1.54, 1.807) is 18.2 Å². The van der Waals surface area contributed by atoms with Crippen molar-refractivity contribution in [1.29, 1.82) is 0 Å². The summed E-state index contributed by atoms with van der Waals surface area (Å²) in [5.74, 6) is -0.345. The molecular weight excluding hydrogens is 309 g/mol. The van der Waals surface area contributed by atoms with Crippen molar-refractivity contribution in [2.75, 3.05) is 5.32 Å². The summed E-state index contributed by atoms with van der Waals surface area (Å²) in [7, 11) is 0. The molecule has 0 fully saturated rings. The average molecular weight is 319 g/mol. The van der Waals surface area contributed by atoms with E-state index < -0.39 is 0 Å². The number of aryl methyl sites for hydroxylation is 1. The number of amides is 1. The molecule has 1 heterocycles. The van der Waals surface area contributed by atoms with Crippen molar-refractivity contribution in [3.63, 3.8) is 0 Å². The summed E-state index contributed by atoms with van der Waals surface area (Å²) < 4.78 is 1.52. The monoisotopic (exact) mass is 317 g/mol. The predicted octanol–water partition coefficient (Wildman–Crippen LogP) is 4.12. The highest BCUT2D eigenvalue weighted by Crippen LogP contribution is 2.25. The molecule has 0 bridgehead atoms.